The molecule has 1 aliphatic rings. The lowest BCUT2D eigenvalue weighted by molar-refractivity contribution is -0.154. The zero-order valence-electron chi connectivity index (χ0n) is 14.9. The average Bonchev–Trinajstić information content (AvgIpc) is 2.89. The third kappa shape index (κ3) is 6.43. The summed E-state index contributed by atoms with van der Waals surface area (Å²) in [5, 5.41) is 3.27. The highest BCUT2D eigenvalue weighted by atomic mass is 19.4. The van der Waals surface area contributed by atoms with Gasteiger partial charge in [-0.1, -0.05) is 13.8 Å². The SMILES string of the molecule is CCNC(=NCc1ccnc(OCC(F)(F)F)c1)N1CCC(C)(C)C1. The Morgan fingerprint density at radius 1 is 1.44 bits per heavy atom. The van der Waals surface area contributed by atoms with Gasteiger partial charge in [0, 0.05) is 31.9 Å². The van der Waals surface area contributed by atoms with Crippen molar-refractivity contribution in [2.75, 3.05) is 26.2 Å². The molecular formula is C17H25F3N4O. The summed E-state index contributed by atoms with van der Waals surface area (Å²) >= 11 is 0. The summed E-state index contributed by atoms with van der Waals surface area (Å²) in [6.07, 6.45) is -1.85. The fraction of sp³-hybridized carbons (Fsp3) is 0.647. The van der Waals surface area contributed by atoms with E-state index in [1.165, 1.54) is 12.3 Å². The molecule has 2 rings (SSSR count). The molecule has 1 saturated heterocycles. The molecule has 1 aromatic heterocycles. The molecule has 1 aromatic rings. The third-order valence-electron chi connectivity index (χ3n) is 3.91. The minimum absolute atomic E-state index is 0.0441. The van der Waals surface area contributed by atoms with Crippen LogP contribution in [0.15, 0.2) is 23.3 Å². The van der Waals surface area contributed by atoms with Crippen LogP contribution in [0.2, 0.25) is 0 Å². The first-order valence-corrected chi connectivity index (χ1v) is 8.36. The predicted octanol–water partition coefficient (Wildman–Crippen LogP) is 3.22. The smallest absolute Gasteiger partial charge is 0.422 e. The number of nitrogens with one attached hydrogen (secondary N) is 1. The van der Waals surface area contributed by atoms with E-state index < -0.39 is 12.8 Å². The topological polar surface area (TPSA) is 49.8 Å². The van der Waals surface area contributed by atoms with Gasteiger partial charge in [-0.25, -0.2) is 9.98 Å². The van der Waals surface area contributed by atoms with Gasteiger partial charge >= 0.3 is 6.18 Å². The largest absolute Gasteiger partial charge is 0.468 e. The number of alkyl halides is 3. The zero-order chi connectivity index (χ0) is 18.5. The Balaban J connectivity index is 2.02. The standard InChI is InChI=1S/C17H25F3N4O/c1-4-21-15(24-8-6-16(2,3)11-24)23-10-13-5-7-22-14(9-13)25-12-17(18,19)20/h5,7,9H,4,6,8,10-12H2,1-3H3,(H,21,23). The molecule has 1 aliphatic heterocycles. The molecule has 25 heavy (non-hydrogen) atoms. The molecule has 0 aliphatic carbocycles. The maximum Gasteiger partial charge on any atom is 0.422 e. The number of hydrogen-bond acceptors (Lipinski definition) is 3. The van der Waals surface area contributed by atoms with Crippen molar-refractivity contribution in [2.24, 2.45) is 10.4 Å². The molecule has 1 fully saturated rings. The molecule has 0 saturated carbocycles. The second kappa shape index (κ2) is 7.93. The average molecular weight is 358 g/mol. The second-order valence-electron chi connectivity index (χ2n) is 6.91. The second-order valence-corrected chi connectivity index (χ2v) is 6.91. The molecule has 0 atom stereocenters. The van der Waals surface area contributed by atoms with Crippen LogP contribution in [0.1, 0.15) is 32.8 Å². The summed E-state index contributed by atoms with van der Waals surface area (Å²) in [7, 11) is 0. The van der Waals surface area contributed by atoms with Gasteiger partial charge in [-0.05, 0) is 30.4 Å². The van der Waals surface area contributed by atoms with E-state index in [9.17, 15) is 13.2 Å². The van der Waals surface area contributed by atoms with Gasteiger partial charge in [0.2, 0.25) is 5.88 Å². The van der Waals surface area contributed by atoms with Crippen LogP contribution in [0.3, 0.4) is 0 Å². The van der Waals surface area contributed by atoms with Gasteiger partial charge in [-0.3, -0.25) is 0 Å². The van der Waals surface area contributed by atoms with E-state index in [1.54, 1.807) is 6.07 Å². The highest BCUT2D eigenvalue weighted by Crippen LogP contribution is 2.28. The summed E-state index contributed by atoms with van der Waals surface area (Å²) in [6.45, 7) is 8.08. The van der Waals surface area contributed by atoms with Crippen LogP contribution in [-0.2, 0) is 6.54 Å². The summed E-state index contributed by atoms with van der Waals surface area (Å²) < 4.78 is 41.4. The molecule has 5 nitrogen and oxygen atoms in total. The number of aliphatic imine (C=N–C) groups is 1. The number of guanidine groups is 1. The number of hydrogen-bond donors (Lipinski definition) is 1. The quantitative estimate of drug-likeness (QED) is 0.649. The van der Waals surface area contributed by atoms with E-state index in [0.29, 0.717) is 6.54 Å². The van der Waals surface area contributed by atoms with Gasteiger partial charge in [-0.2, -0.15) is 13.2 Å². The molecule has 0 bridgehead atoms. The fourth-order valence-electron chi connectivity index (χ4n) is 2.67. The normalized spacial score (nSPS) is 17.7. The van der Waals surface area contributed by atoms with Crippen molar-refractivity contribution in [1.82, 2.24) is 15.2 Å². The molecule has 140 valence electrons. The molecule has 1 N–H and O–H groups in total. The number of ether oxygens (including phenoxy) is 1. The first-order valence-electron chi connectivity index (χ1n) is 8.36. The predicted molar refractivity (Wildman–Crippen MR) is 90.6 cm³/mol. The summed E-state index contributed by atoms with van der Waals surface area (Å²) in [5.74, 6) is 0.778. The summed E-state index contributed by atoms with van der Waals surface area (Å²) in [5.41, 5.74) is 1.01. The first-order chi connectivity index (χ1) is 11.7. The molecule has 0 spiro atoms. The number of rotatable bonds is 5. The summed E-state index contributed by atoms with van der Waals surface area (Å²) in [6, 6.07) is 3.22. The van der Waals surface area contributed by atoms with E-state index in [0.717, 1.165) is 37.6 Å². The lowest BCUT2D eigenvalue weighted by Gasteiger charge is -2.23. The minimum Gasteiger partial charge on any atom is -0.468 e. The van der Waals surface area contributed by atoms with Crippen molar-refractivity contribution in [1.29, 1.82) is 0 Å². The first kappa shape index (κ1) is 19.3. The van der Waals surface area contributed by atoms with Gasteiger partial charge < -0.3 is 15.0 Å². The zero-order valence-corrected chi connectivity index (χ0v) is 14.9. The molecule has 0 radical (unpaired) electrons. The van der Waals surface area contributed by atoms with Crippen LogP contribution in [0.25, 0.3) is 0 Å². The van der Waals surface area contributed by atoms with E-state index in [-0.39, 0.29) is 11.3 Å². The fourth-order valence-corrected chi connectivity index (χ4v) is 2.67. The van der Waals surface area contributed by atoms with Gasteiger partial charge in [0.1, 0.15) is 0 Å². The molecule has 0 unspecified atom stereocenters. The van der Waals surface area contributed by atoms with Crippen molar-refractivity contribution < 1.29 is 17.9 Å². The lowest BCUT2D eigenvalue weighted by Crippen LogP contribution is -2.40. The van der Waals surface area contributed by atoms with Crippen molar-refractivity contribution in [3.8, 4) is 5.88 Å². The number of nitrogens with zero attached hydrogens (tertiary/aromatic N) is 3. The van der Waals surface area contributed by atoms with Gasteiger partial charge in [-0.15, -0.1) is 0 Å². The number of aromatic nitrogens is 1. The van der Waals surface area contributed by atoms with E-state index >= 15 is 0 Å². The molecule has 8 heteroatoms. The maximum atomic E-state index is 12.2. The summed E-state index contributed by atoms with van der Waals surface area (Å²) in [4.78, 5) is 10.6. The molecule has 0 aromatic carbocycles. The van der Waals surface area contributed by atoms with Gasteiger partial charge in [0.15, 0.2) is 12.6 Å². The van der Waals surface area contributed by atoms with E-state index in [1.807, 2.05) is 6.92 Å². The van der Waals surface area contributed by atoms with E-state index in [4.69, 9.17) is 0 Å². The third-order valence-corrected chi connectivity index (χ3v) is 3.91. The van der Waals surface area contributed by atoms with Crippen LogP contribution in [0.4, 0.5) is 13.2 Å². The number of pyridine rings is 1. The monoisotopic (exact) mass is 358 g/mol. The van der Waals surface area contributed by atoms with Crippen LogP contribution in [0.5, 0.6) is 5.88 Å². The van der Waals surface area contributed by atoms with Crippen molar-refractivity contribution in [2.45, 2.75) is 39.9 Å². The van der Waals surface area contributed by atoms with Crippen molar-refractivity contribution in [3.63, 3.8) is 0 Å². The molecule has 0 amide bonds. The highest BCUT2D eigenvalue weighted by molar-refractivity contribution is 5.80. The number of halogens is 3. The van der Waals surface area contributed by atoms with Gasteiger partial charge in [0.05, 0.1) is 6.54 Å². The Labute approximate surface area is 146 Å². The van der Waals surface area contributed by atoms with Crippen LogP contribution < -0.4 is 10.1 Å². The number of likely N-dealkylation sites (tertiary alicyclic amines) is 1. The Morgan fingerprint density at radius 3 is 2.80 bits per heavy atom. The Hall–Kier alpha value is -1.99. The van der Waals surface area contributed by atoms with Crippen molar-refractivity contribution in [3.05, 3.63) is 23.9 Å². The van der Waals surface area contributed by atoms with Crippen molar-refractivity contribution >= 4 is 5.96 Å². The Bertz CT molecular complexity index is 602. The maximum absolute atomic E-state index is 12.2. The molecule has 2 heterocycles. The van der Waals surface area contributed by atoms with E-state index in [2.05, 4.69) is 38.8 Å². The minimum atomic E-state index is -4.38. The van der Waals surface area contributed by atoms with Crippen LogP contribution in [0, 0.1) is 5.41 Å². The molecular weight excluding hydrogens is 333 g/mol. The lowest BCUT2D eigenvalue weighted by atomic mass is 9.93. The van der Waals surface area contributed by atoms with Crippen LogP contribution in [-0.4, -0.2) is 48.3 Å². The Kier molecular flexibility index (Phi) is 6.13. The van der Waals surface area contributed by atoms with Crippen LogP contribution >= 0.6 is 0 Å². The Morgan fingerprint density at radius 2 is 2.20 bits per heavy atom. The highest BCUT2D eigenvalue weighted by Gasteiger charge is 2.31. The van der Waals surface area contributed by atoms with Gasteiger partial charge in [0.25, 0.3) is 0 Å².